The number of anilines is 1. The maximum absolute atomic E-state index is 13.1. The summed E-state index contributed by atoms with van der Waals surface area (Å²) in [5.41, 5.74) is -0.323. The van der Waals surface area contributed by atoms with E-state index in [0.717, 1.165) is 30.3 Å². The van der Waals surface area contributed by atoms with Crippen LogP contribution in [0.1, 0.15) is 15.9 Å². The lowest BCUT2D eigenvalue weighted by atomic mass is 10.1. The van der Waals surface area contributed by atoms with Crippen LogP contribution in [0.25, 0.3) is 0 Å². The second-order valence-electron chi connectivity index (χ2n) is 3.92. The Morgan fingerprint density at radius 3 is 2.65 bits per heavy atom. The number of nitriles is 1. The first kappa shape index (κ1) is 13.5. The fraction of sp³-hybridized carbons (Fsp3) is 0. The minimum atomic E-state index is -0.766. The Balaban J connectivity index is 2.28. The number of halogens is 2. The van der Waals surface area contributed by atoms with Gasteiger partial charge in [0.05, 0.1) is 11.1 Å². The average Bonchev–Trinajstić information content (AvgIpc) is 2.43. The van der Waals surface area contributed by atoms with Crippen LogP contribution in [-0.4, -0.2) is 11.0 Å². The standard InChI is InChI=1S/C14H8F2N2O2/c15-9-1-4-13(19)11(6-9)14(20)18-10-2-3-12(16)8(5-10)7-17/h1-6,19H,(H,18,20). The molecular weight excluding hydrogens is 266 g/mol. The summed E-state index contributed by atoms with van der Waals surface area (Å²) in [4.78, 5) is 11.9. The van der Waals surface area contributed by atoms with Crippen LogP contribution >= 0.6 is 0 Å². The molecule has 0 unspecified atom stereocenters. The fourth-order valence-corrected chi connectivity index (χ4v) is 1.58. The number of phenolic OH excluding ortho intramolecular Hbond substituents is 1. The van der Waals surface area contributed by atoms with E-state index in [2.05, 4.69) is 5.32 Å². The minimum absolute atomic E-state index is 0.164. The Labute approximate surface area is 112 Å². The van der Waals surface area contributed by atoms with E-state index >= 15 is 0 Å². The average molecular weight is 274 g/mol. The maximum Gasteiger partial charge on any atom is 0.259 e. The predicted octanol–water partition coefficient (Wildman–Crippen LogP) is 2.79. The van der Waals surface area contributed by atoms with Crippen LogP contribution in [0.5, 0.6) is 5.75 Å². The predicted molar refractivity (Wildman–Crippen MR) is 67.1 cm³/mol. The number of amides is 1. The number of aromatic hydroxyl groups is 1. The normalized spacial score (nSPS) is 9.85. The number of carbonyl (C=O) groups excluding carboxylic acids is 1. The van der Waals surface area contributed by atoms with E-state index in [1.165, 1.54) is 6.07 Å². The number of rotatable bonds is 2. The SMILES string of the molecule is N#Cc1cc(NC(=O)c2cc(F)ccc2O)ccc1F. The van der Waals surface area contributed by atoms with E-state index in [1.807, 2.05) is 0 Å². The van der Waals surface area contributed by atoms with Gasteiger partial charge in [-0.1, -0.05) is 0 Å². The summed E-state index contributed by atoms with van der Waals surface area (Å²) in [7, 11) is 0. The van der Waals surface area contributed by atoms with E-state index < -0.39 is 17.5 Å². The van der Waals surface area contributed by atoms with Crippen molar-refractivity contribution >= 4 is 11.6 Å². The molecule has 20 heavy (non-hydrogen) atoms. The monoisotopic (exact) mass is 274 g/mol. The number of benzene rings is 2. The topological polar surface area (TPSA) is 73.1 Å². The summed E-state index contributed by atoms with van der Waals surface area (Å²) in [6, 6.07) is 7.99. The molecule has 0 aromatic heterocycles. The second-order valence-corrected chi connectivity index (χ2v) is 3.92. The first-order chi connectivity index (χ1) is 9.51. The van der Waals surface area contributed by atoms with Crippen molar-refractivity contribution in [3.05, 3.63) is 59.2 Å². The minimum Gasteiger partial charge on any atom is -0.507 e. The first-order valence-corrected chi connectivity index (χ1v) is 5.51. The van der Waals surface area contributed by atoms with Crippen LogP contribution in [0.2, 0.25) is 0 Å². The molecule has 0 aliphatic rings. The van der Waals surface area contributed by atoms with E-state index in [1.54, 1.807) is 6.07 Å². The molecule has 4 nitrogen and oxygen atoms in total. The molecule has 0 saturated carbocycles. The van der Waals surface area contributed by atoms with Crippen molar-refractivity contribution in [3.63, 3.8) is 0 Å². The van der Waals surface area contributed by atoms with Crippen molar-refractivity contribution in [1.82, 2.24) is 0 Å². The third kappa shape index (κ3) is 2.72. The molecule has 0 spiro atoms. The van der Waals surface area contributed by atoms with Crippen LogP contribution in [0, 0.1) is 23.0 Å². The molecule has 0 fully saturated rings. The number of nitrogens with one attached hydrogen (secondary N) is 1. The molecule has 100 valence electrons. The molecule has 0 aliphatic heterocycles. The highest BCUT2D eigenvalue weighted by Gasteiger charge is 2.13. The van der Waals surface area contributed by atoms with Gasteiger partial charge in [0.2, 0.25) is 0 Å². The van der Waals surface area contributed by atoms with Crippen molar-refractivity contribution in [3.8, 4) is 11.8 Å². The zero-order chi connectivity index (χ0) is 14.7. The summed E-state index contributed by atoms with van der Waals surface area (Å²) >= 11 is 0. The second kappa shape index (κ2) is 5.36. The van der Waals surface area contributed by atoms with Gasteiger partial charge in [0.25, 0.3) is 5.91 Å². The van der Waals surface area contributed by atoms with Gasteiger partial charge < -0.3 is 10.4 Å². The van der Waals surface area contributed by atoms with Gasteiger partial charge in [0.1, 0.15) is 23.5 Å². The van der Waals surface area contributed by atoms with Crippen LogP contribution in [0.4, 0.5) is 14.5 Å². The van der Waals surface area contributed by atoms with Gasteiger partial charge in [-0.3, -0.25) is 4.79 Å². The molecule has 2 aromatic rings. The molecule has 0 radical (unpaired) electrons. The Kier molecular flexibility index (Phi) is 3.62. The molecule has 0 saturated heterocycles. The van der Waals surface area contributed by atoms with Crippen molar-refractivity contribution in [2.75, 3.05) is 5.32 Å². The summed E-state index contributed by atoms with van der Waals surface area (Å²) in [6.45, 7) is 0. The van der Waals surface area contributed by atoms with Crippen LogP contribution in [0.15, 0.2) is 36.4 Å². The van der Waals surface area contributed by atoms with Gasteiger partial charge in [0.15, 0.2) is 0 Å². The van der Waals surface area contributed by atoms with E-state index in [-0.39, 0.29) is 22.6 Å². The number of carbonyl (C=O) groups is 1. The van der Waals surface area contributed by atoms with E-state index in [0.29, 0.717) is 0 Å². The lowest BCUT2D eigenvalue weighted by Crippen LogP contribution is -2.12. The quantitative estimate of drug-likeness (QED) is 0.884. The van der Waals surface area contributed by atoms with Crippen molar-refractivity contribution in [2.24, 2.45) is 0 Å². The highest BCUT2D eigenvalue weighted by Crippen LogP contribution is 2.20. The van der Waals surface area contributed by atoms with E-state index in [4.69, 9.17) is 5.26 Å². The Morgan fingerprint density at radius 2 is 1.95 bits per heavy atom. The van der Waals surface area contributed by atoms with Gasteiger partial charge >= 0.3 is 0 Å². The lowest BCUT2D eigenvalue weighted by Gasteiger charge is -2.07. The maximum atomic E-state index is 13.1. The number of hydrogen-bond acceptors (Lipinski definition) is 3. The molecule has 2 N–H and O–H groups in total. The fourth-order valence-electron chi connectivity index (χ4n) is 1.58. The van der Waals surface area contributed by atoms with Crippen molar-refractivity contribution < 1.29 is 18.7 Å². The molecule has 0 atom stereocenters. The molecule has 1 amide bonds. The molecule has 0 bridgehead atoms. The van der Waals surface area contributed by atoms with E-state index in [9.17, 15) is 18.7 Å². The Morgan fingerprint density at radius 1 is 1.20 bits per heavy atom. The summed E-state index contributed by atoms with van der Waals surface area (Å²) in [5, 5.41) is 20.5. The van der Waals surface area contributed by atoms with Crippen LogP contribution in [-0.2, 0) is 0 Å². The number of hydrogen-bond donors (Lipinski definition) is 2. The van der Waals surface area contributed by atoms with Crippen molar-refractivity contribution in [1.29, 1.82) is 5.26 Å². The summed E-state index contributed by atoms with van der Waals surface area (Å²) < 4.78 is 26.2. The molecule has 6 heteroatoms. The van der Waals surface area contributed by atoms with Gasteiger partial charge in [-0.15, -0.1) is 0 Å². The van der Waals surface area contributed by atoms with Gasteiger partial charge in [-0.2, -0.15) is 5.26 Å². The summed E-state index contributed by atoms with van der Waals surface area (Å²) in [6.07, 6.45) is 0. The highest BCUT2D eigenvalue weighted by molar-refractivity contribution is 6.06. The lowest BCUT2D eigenvalue weighted by molar-refractivity contribution is 0.102. The Bertz CT molecular complexity index is 724. The van der Waals surface area contributed by atoms with Gasteiger partial charge in [-0.05, 0) is 36.4 Å². The third-order valence-corrected chi connectivity index (χ3v) is 2.55. The highest BCUT2D eigenvalue weighted by atomic mass is 19.1. The van der Waals surface area contributed by atoms with Crippen molar-refractivity contribution in [2.45, 2.75) is 0 Å². The third-order valence-electron chi connectivity index (χ3n) is 2.55. The van der Waals surface area contributed by atoms with Gasteiger partial charge in [0, 0.05) is 5.69 Å². The first-order valence-electron chi connectivity index (χ1n) is 5.51. The smallest absolute Gasteiger partial charge is 0.259 e. The molecule has 2 aromatic carbocycles. The van der Waals surface area contributed by atoms with Crippen LogP contribution in [0.3, 0.4) is 0 Å². The zero-order valence-corrected chi connectivity index (χ0v) is 10.0. The number of nitrogens with zero attached hydrogens (tertiary/aromatic N) is 1. The molecular formula is C14H8F2N2O2. The largest absolute Gasteiger partial charge is 0.507 e. The Hall–Kier alpha value is -2.94. The van der Waals surface area contributed by atoms with Crippen LogP contribution < -0.4 is 5.32 Å². The number of phenols is 1. The molecule has 0 aliphatic carbocycles. The zero-order valence-electron chi connectivity index (χ0n) is 10.0. The molecule has 0 heterocycles. The molecule has 2 rings (SSSR count). The summed E-state index contributed by atoms with van der Waals surface area (Å²) in [5.74, 6) is -2.53. The van der Waals surface area contributed by atoms with Gasteiger partial charge in [-0.25, -0.2) is 8.78 Å².